The van der Waals surface area contributed by atoms with Crippen molar-refractivity contribution in [3.63, 3.8) is 0 Å². The van der Waals surface area contributed by atoms with Gasteiger partial charge in [0.1, 0.15) is 11.3 Å². The topological polar surface area (TPSA) is 51.8 Å². The highest BCUT2D eigenvalue weighted by Crippen LogP contribution is 2.19. The molecule has 0 fully saturated rings. The lowest BCUT2D eigenvalue weighted by Crippen LogP contribution is -1.98. The number of fused-ring (bicyclic) bond motifs is 1. The van der Waals surface area contributed by atoms with Crippen LogP contribution in [0, 0.1) is 10.5 Å². The first-order chi connectivity index (χ1) is 6.18. The molecule has 0 saturated heterocycles. The molecule has 1 heterocycles. The van der Waals surface area contributed by atoms with Crippen LogP contribution in [0.15, 0.2) is 18.2 Å². The highest BCUT2D eigenvalue weighted by atomic mass is 127. The zero-order chi connectivity index (χ0) is 9.42. The lowest BCUT2D eigenvalue weighted by Gasteiger charge is -2.02. The number of anilines is 1. The van der Waals surface area contributed by atoms with Crippen molar-refractivity contribution in [1.82, 2.24) is 9.97 Å². The van der Waals surface area contributed by atoms with Gasteiger partial charge in [0.05, 0.1) is 11.2 Å². The van der Waals surface area contributed by atoms with Crippen molar-refractivity contribution in [2.75, 3.05) is 5.73 Å². The van der Waals surface area contributed by atoms with E-state index in [2.05, 4.69) is 32.6 Å². The maximum atomic E-state index is 5.68. The molecule has 3 nitrogen and oxygen atoms in total. The number of nitrogen functional groups attached to an aromatic ring is 1. The normalized spacial score (nSPS) is 10.6. The molecule has 0 aliphatic carbocycles. The molecular formula is C9H8IN3. The minimum absolute atomic E-state index is 0.511. The van der Waals surface area contributed by atoms with Crippen molar-refractivity contribution >= 4 is 39.4 Å². The second-order valence-corrected chi connectivity index (χ2v) is 3.96. The van der Waals surface area contributed by atoms with Gasteiger partial charge in [-0.3, -0.25) is 0 Å². The van der Waals surface area contributed by atoms with Crippen LogP contribution in [0.5, 0.6) is 0 Å². The van der Waals surface area contributed by atoms with Crippen molar-refractivity contribution < 1.29 is 0 Å². The van der Waals surface area contributed by atoms with Crippen LogP contribution in [0.3, 0.4) is 0 Å². The molecule has 0 amide bonds. The van der Waals surface area contributed by atoms with E-state index in [-0.39, 0.29) is 0 Å². The first-order valence-corrected chi connectivity index (χ1v) is 4.94. The van der Waals surface area contributed by atoms with E-state index >= 15 is 0 Å². The summed E-state index contributed by atoms with van der Waals surface area (Å²) in [7, 11) is 0. The third kappa shape index (κ3) is 1.46. The van der Waals surface area contributed by atoms with E-state index in [0.29, 0.717) is 5.82 Å². The van der Waals surface area contributed by atoms with Gasteiger partial charge >= 0.3 is 0 Å². The van der Waals surface area contributed by atoms with Crippen LogP contribution in [0.2, 0.25) is 0 Å². The molecule has 0 aliphatic heterocycles. The van der Waals surface area contributed by atoms with Crippen molar-refractivity contribution in [1.29, 1.82) is 0 Å². The fourth-order valence-electron chi connectivity index (χ4n) is 1.14. The van der Waals surface area contributed by atoms with Gasteiger partial charge in [-0.25, -0.2) is 9.97 Å². The molecular weight excluding hydrogens is 277 g/mol. The highest BCUT2D eigenvalue weighted by molar-refractivity contribution is 14.1. The van der Waals surface area contributed by atoms with Gasteiger partial charge in [-0.2, -0.15) is 0 Å². The van der Waals surface area contributed by atoms with E-state index in [1.165, 1.54) is 0 Å². The van der Waals surface area contributed by atoms with Crippen LogP contribution < -0.4 is 5.73 Å². The Balaban J connectivity index is 2.89. The van der Waals surface area contributed by atoms with Crippen LogP contribution in [0.25, 0.3) is 11.0 Å². The number of rotatable bonds is 0. The maximum Gasteiger partial charge on any atom is 0.145 e. The van der Waals surface area contributed by atoms with E-state index in [9.17, 15) is 0 Å². The number of hydrogen-bond acceptors (Lipinski definition) is 3. The fourth-order valence-corrected chi connectivity index (χ4v) is 1.75. The first kappa shape index (κ1) is 8.68. The van der Waals surface area contributed by atoms with Crippen molar-refractivity contribution in [2.45, 2.75) is 6.92 Å². The molecule has 2 aromatic rings. The lowest BCUT2D eigenvalue weighted by molar-refractivity contribution is 1.19. The first-order valence-electron chi connectivity index (χ1n) is 3.87. The highest BCUT2D eigenvalue weighted by Gasteiger charge is 2.03. The van der Waals surface area contributed by atoms with Gasteiger partial charge in [0.2, 0.25) is 0 Å². The molecule has 4 heteroatoms. The Morgan fingerprint density at radius 3 is 2.85 bits per heavy atom. The average molecular weight is 285 g/mol. The van der Waals surface area contributed by atoms with Crippen LogP contribution in [0.1, 0.15) is 5.69 Å². The summed E-state index contributed by atoms with van der Waals surface area (Å²) in [5.41, 5.74) is 8.25. The molecule has 1 aromatic heterocycles. The lowest BCUT2D eigenvalue weighted by atomic mass is 10.3. The summed E-state index contributed by atoms with van der Waals surface area (Å²) in [5, 5.41) is 0. The maximum absolute atomic E-state index is 5.68. The quantitative estimate of drug-likeness (QED) is 0.754. The molecule has 0 spiro atoms. The van der Waals surface area contributed by atoms with Gasteiger partial charge in [0.25, 0.3) is 0 Å². The third-order valence-corrected chi connectivity index (χ3v) is 2.73. The molecule has 0 bridgehead atoms. The summed E-state index contributed by atoms with van der Waals surface area (Å²) in [5.74, 6) is 0.511. The van der Waals surface area contributed by atoms with Crippen LogP contribution in [0.4, 0.5) is 5.82 Å². The molecule has 0 aliphatic rings. The van der Waals surface area contributed by atoms with E-state index in [1.807, 2.05) is 25.1 Å². The number of benzene rings is 1. The number of nitrogens with zero attached hydrogens (tertiary/aromatic N) is 2. The molecule has 0 unspecified atom stereocenters. The monoisotopic (exact) mass is 285 g/mol. The number of nitrogens with two attached hydrogens (primary N) is 1. The molecule has 0 saturated carbocycles. The standard InChI is InChI=1S/C9H8IN3/c1-5-9(11)13-8-6(10)3-2-4-7(8)12-5/h2-4H,1H3,(H2,11,13). The minimum Gasteiger partial charge on any atom is -0.382 e. The number of para-hydroxylation sites is 1. The average Bonchev–Trinajstić information content (AvgIpc) is 2.09. The Morgan fingerprint density at radius 1 is 1.31 bits per heavy atom. The largest absolute Gasteiger partial charge is 0.382 e. The number of aromatic nitrogens is 2. The van der Waals surface area contributed by atoms with E-state index in [4.69, 9.17) is 5.73 Å². The summed E-state index contributed by atoms with van der Waals surface area (Å²) in [4.78, 5) is 8.63. The molecule has 2 rings (SSSR count). The van der Waals surface area contributed by atoms with Gasteiger partial charge in [-0.05, 0) is 41.6 Å². The summed E-state index contributed by atoms with van der Waals surface area (Å²) >= 11 is 2.23. The smallest absolute Gasteiger partial charge is 0.145 e. The van der Waals surface area contributed by atoms with Gasteiger partial charge in [0.15, 0.2) is 0 Å². The Hall–Kier alpha value is -0.910. The van der Waals surface area contributed by atoms with Gasteiger partial charge in [-0.15, -0.1) is 0 Å². The summed E-state index contributed by atoms with van der Waals surface area (Å²) in [6, 6.07) is 5.90. The number of halogens is 1. The van der Waals surface area contributed by atoms with E-state index in [0.717, 1.165) is 20.3 Å². The summed E-state index contributed by atoms with van der Waals surface area (Å²) in [6.45, 7) is 1.86. The van der Waals surface area contributed by atoms with E-state index < -0.39 is 0 Å². The molecule has 0 atom stereocenters. The molecule has 2 N–H and O–H groups in total. The Labute approximate surface area is 89.5 Å². The number of aryl methyl sites for hydroxylation is 1. The third-order valence-electron chi connectivity index (χ3n) is 1.86. The zero-order valence-electron chi connectivity index (χ0n) is 7.08. The van der Waals surface area contributed by atoms with Crippen LogP contribution in [-0.2, 0) is 0 Å². The number of hydrogen-bond donors (Lipinski definition) is 1. The predicted molar refractivity (Wildman–Crippen MR) is 61.4 cm³/mol. The van der Waals surface area contributed by atoms with Gasteiger partial charge in [-0.1, -0.05) is 6.07 Å². The summed E-state index contributed by atoms with van der Waals surface area (Å²) in [6.07, 6.45) is 0. The van der Waals surface area contributed by atoms with Crippen molar-refractivity contribution in [3.8, 4) is 0 Å². The van der Waals surface area contributed by atoms with Crippen LogP contribution in [-0.4, -0.2) is 9.97 Å². The van der Waals surface area contributed by atoms with Crippen molar-refractivity contribution in [3.05, 3.63) is 27.5 Å². The second kappa shape index (κ2) is 3.10. The van der Waals surface area contributed by atoms with Crippen LogP contribution >= 0.6 is 22.6 Å². The SMILES string of the molecule is Cc1nc2cccc(I)c2nc1N. The van der Waals surface area contributed by atoms with Gasteiger partial charge in [0, 0.05) is 3.57 Å². The molecule has 1 aromatic carbocycles. The molecule has 13 heavy (non-hydrogen) atoms. The van der Waals surface area contributed by atoms with Crippen molar-refractivity contribution in [2.24, 2.45) is 0 Å². The van der Waals surface area contributed by atoms with Gasteiger partial charge < -0.3 is 5.73 Å². The molecule has 0 radical (unpaired) electrons. The Bertz CT molecular complexity index is 468. The predicted octanol–water partition coefficient (Wildman–Crippen LogP) is 2.13. The molecule has 66 valence electrons. The minimum atomic E-state index is 0.511. The Morgan fingerprint density at radius 2 is 2.08 bits per heavy atom. The summed E-state index contributed by atoms with van der Waals surface area (Å²) < 4.78 is 1.08. The van der Waals surface area contributed by atoms with E-state index in [1.54, 1.807) is 0 Å². The second-order valence-electron chi connectivity index (χ2n) is 2.80. The zero-order valence-corrected chi connectivity index (χ0v) is 9.24. The fraction of sp³-hybridized carbons (Fsp3) is 0.111. The Kier molecular flexibility index (Phi) is 2.07.